The van der Waals surface area contributed by atoms with Gasteiger partial charge in [-0.1, -0.05) is 28.1 Å². The predicted octanol–water partition coefficient (Wildman–Crippen LogP) is 1.56. The Kier molecular flexibility index (Phi) is 3.23. The van der Waals surface area contributed by atoms with Crippen LogP contribution in [0.1, 0.15) is 5.56 Å². The van der Waals surface area contributed by atoms with E-state index in [-0.39, 0.29) is 0 Å². The van der Waals surface area contributed by atoms with Crippen LogP contribution in [0.25, 0.3) is 0 Å². The highest BCUT2D eigenvalue weighted by Crippen LogP contribution is 2.08. The van der Waals surface area contributed by atoms with Gasteiger partial charge in [0.05, 0.1) is 4.90 Å². The summed E-state index contributed by atoms with van der Waals surface area (Å²) < 4.78 is 10.7. The second kappa shape index (κ2) is 3.99. The van der Waals surface area contributed by atoms with Gasteiger partial charge in [-0.05, 0) is 17.7 Å². The third kappa shape index (κ3) is 2.39. The van der Waals surface area contributed by atoms with Crippen molar-refractivity contribution in [2.75, 3.05) is 0 Å². The first-order valence-corrected chi connectivity index (χ1v) is 5.38. The van der Waals surface area contributed by atoms with Crippen LogP contribution >= 0.6 is 15.9 Å². The lowest BCUT2D eigenvalue weighted by Crippen LogP contribution is -2.01. The Morgan fingerprint density at radius 1 is 1.36 bits per heavy atom. The van der Waals surface area contributed by atoms with Crippen LogP contribution in [0.2, 0.25) is 0 Å². The lowest BCUT2D eigenvalue weighted by Gasteiger charge is -1.96. The Balaban J connectivity index is 2.91. The van der Waals surface area contributed by atoms with Crippen molar-refractivity contribution in [1.29, 1.82) is 0 Å². The summed E-state index contributed by atoms with van der Waals surface area (Å²) in [6.45, 7) is 0. The van der Waals surface area contributed by atoms with Gasteiger partial charge < -0.3 is 0 Å². The van der Waals surface area contributed by atoms with Crippen LogP contribution in [-0.2, 0) is 16.3 Å². The average Bonchev–Trinajstić information content (AvgIpc) is 2.05. The second-order valence-electron chi connectivity index (χ2n) is 2.07. The van der Waals surface area contributed by atoms with Crippen molar-refractivity contribution in [3.63, 3.8) is 0 Å². The first-order valence-electron chi connectivity index (χ1n) is 3.05. The fourth-order valence-corrected chi connectivity index (χ4v) is 1.49. The van der Waals surface area contributed by atoms with Gasteiger partial charge in [0.2, 0.25) is 0 Å². The number of halogens is 1. The van der Waals surface area contributed by atoms with E-state index in [4.69, 9.17) is 5.14 Å². The normalized spacial score (nSPS) is 12.9. The summed E-state index contributed by atoms with van der Waals surface area (Å²) in [5.74, 6) is 0. The van der Waals surface area contributed by atoms with Crippen molar-refractivity contribution < 1.29 is 4.21 Å². The quantitative estimate of drug-likeness (QED) is 0.775. The predicted molar refractivity (Wildman–Crippen MR) is 49.7 cm³/mol. The Labute approximate surface area is 76.5 Å². The standard InChI is InChI=1S/C7H8BrNOS/c8-5-6-1-3-7(4-2-6)11(9)10/h1-4H,5,9H2. The molecular formula is C7H8BrNOS. The molecule has 1 aromatic rings. The van der Waals surface area contributed by atoms with Crippen LogP contribution in [0.15, 0.2) is 29.2 Å². The Morgan fingerprint density at radius 2 is 1.91 bits per heavy atom. The fraction of sp³-hybridized carbons (Fsp3) is 0.143. The maximum atomic E-state index is 10.7. The van der Waals surface area contributed by atoms with E-state index in [1.807, 2.05) is 12.1 Å². The summed E-state index contributed by atoms with van der Waals surface area (Å²) in [6.07, 6.45) is 0. The van der Waals surface area contributed by atoms with Gasteiger partial charge >= 0.3 is 0 Å². The van der Waals surface area contributed by atoms with E-state index in [1.165, 1.54) is 0 Å². The van der Waals surface area contributed by atoms with Gasteiger partial charge in [-0.15, -0.1) is 0 Å². The molecule has 11 heavy (non-hydrogen) atoms. The molecule has 0 heterocycles. The highest BCUT2D eigenvalue weighted by atomic mass is 79.9. The van der Waals surface area contributed by atoms with E-state index in [0.717, 1.165) is 10.9 Å². The third-order valence-corrected chi connectivity index (χ3v) is 2.69. The minimum atomic E-state index is -1.35. The van der Waals surface area contributed by atoms with Crippen molar-refractivity contribution in [2.24, 2.45) is 5.14 Å². The number of hydrogen-bond donors (Lipinski definition) is 1. The molecule has 0 saturated carbocycles. The molecule has 0 aromatic heterocycles. The molecule has 0 fully saturated rings. The van der Waals surface area contributed by atoms with Gasteiger partial charge in [0.15, 0.2) is 0 Å². The van der Waals surface area contributed by atoms with Crippen molar-refractivity contribution in [3.8, 4) is 0 Å². The second-order valence-corrected chi connectivity index (χ2v) is 3.70. The first kappa shape index (κ1) is 8.90. The van der Waals surface area contributed by atoms with E-state index in [1.54, 1.807) is 12.1 Å². The molecule has 2 N–H and O–H groups in total. The van der Waals surface area contributed by atoms with Gasteiger partial charge in [0.25, 0.3) is 0 Å². The van der Waals surface area contributed by atoms with Gasteiger partial charge in [0.1, 0.15) is 11.0 Å². The maximum Gasteiger partial charge on any atom is 0.122 e. The highest BCUT2D eigenvalue weighted by Gasteiger charge is 1.96. The van der Waals surface area contributed by atoms with Gasteiger partial charge in [-0.25, -0.2) is 9.35 Å². The van der Waals surface area contributed by atoms with Gasteiger partial charge in [0, 0.05) is 5.33 Å². The zero-order valence-electron chi connectivity index (χ0n) is 5.79. The van der Waals surface area contributed by atoms with Crippen LogP contribution in [-0.4, -0.2) is 4.21 Å². The van der Waals surface area contributed by atoms with Crippen LogP contribution in [0.4, 0.5) is 0 Å². The monoisotopic (exact) mass is 233 g/mol. The van der Waals surface area contributed by atoms with E-state index in [0.29, 0.717) is 4.90 Å². The molecule has 1 unspecified atom stereocenters. The lowest BCUT2D eigenvalue weighted by atomic mass is 10.2. The van der Waals surface area contributed by atoms with E-state index >= 15 is 0 Å². The van der Waals surface area contributed by atoms with E-state index < -0.39 is 11.0 Å². The molecule has 0 spiro atoms. The summed E-state index contributed by atoms with van der Waals surface area (Å²) in [5.41, 5.74) is 1.15. The molecule has 0 bridgehead atoms. The molecule has 4 heteroatoms. The molecule has 0 amide bonds. The van der Waals surface area contributed by atoms with E-state index in [9.17, 15) is 4.21 Å². The molecule has 1 aromatic carbocycles. The Bertz CT molecular complexity index is 260. The smallest absolute Gasteiger partial charge is 0.122 e. The van der Waals surface area contributed by atoms with Crippen molar-refractivity contribution in [2.45, 2.75) is 10.2 Å². The molecule has 2 nitrogen and oxygen atoms in total. The summed E-state index contributed by atoms with van der Waals surface area (Å²) >= 11 is 3.31. The van der Waals surface area contributed by atoms with Crippen LogP contribution in [0, 0.1) is 0 Å². The molecule has 60 valence electrons. The molecule has 1 atom stereocenters. The van der Waals surface area contributed by atoms with E-state index in [2.05, 4.69) is 15.9 Å². The van der Waals surface area contributed by atoms with Crippen molar-refractivity contribution in [1.82, 2.24) is 0 Å². The minimum Gasteiger partial charge on any atom is -0.248 e. The summed E-state index contributed by atoms with van der Waals surface area (Å²) in [4.78, 5) is 0.662. The number of alkyl halides is 1. The van der Waals surface area contributed by atoms with Gasteiger partial charge in [-0.3, -0.25) is 0 Å². The highest BCUT2D eigenvalue weighted by molar-refractivity contribution is 9.08. The molecule has 0 aliphatic carbocycles. The average molecular weight is 234 g/mol. The molecule has 1 rings (SSSR count). The SMILES string of the molecule is NS(=O)c1ccc(CBr)cc1. The lowest BCUT2D eigenvalue weighted by molar-refractivity contribution is 0.684. The molecule has 0 saturated heterocycles. The van der Waals surface area contributed by atoms with Crippen LogP contribution < -0.4 is 5.14 Å². The Hall–Kier alpha value is -0.190. The molecule has 0 radical (unpaired) electrons. The number of benzene rings is 1. The van der Waals surface area contributed by atoms with Crippen molar-refractivity contribution >= 4 is 26.9 Å². The molecule has 0 aliphatic rings. The summed E-state index contributed by atoms with van der Waals surface area (Å²) in [7, 11) is -1.35. The third-order valence-electron chi connectivity index (χ3n) is 1.31. The number of nitrogens with two attached hydrogens (primary N) is 1. The van der Waals surface area contributed by atoms with Crippen LogP contribution in [0.3, 0.4) is 0 Å². The minimum absolute atomic E-state index is 0.662. The number of rotatable bonds is 2. The summed E-state index contributed by atoms with van der Waals surface area (Å²) in [6, 6.07) is 7.34. The number of hydrogen-bond acceptors (Lipinski definition) is 1. The summed E-state index contributed by atoms with van der Waals surface area (Å²) in [5, 5.41) is 5.98. The largest absolute Gasteiger partial charge is 0.248 e. The first-order chi connectivity index (χ1) is 5.24. The molecule has 0 aliphatic heterocycles. The maximum absolute atomic E-state index is 10.7. The zero-order valence-corrected chi connectivity index (χ0v) is 8.19. The van der Waals surface area contributed by atoms with Crippen LogP contribution in [0.5, 0.6) is 0 Å². The Morgan fingerprint density at radius 3 is 2.27 bits per heavy atom. The fourth-order valence-electron chi connectivity index (χ4n) is 0.713. The van der Waals surface area contributed by atoms with Gasteiger partial charge in [-0.2, -0.15) is 0 Å². The molecular weight excluding hydrogens is 226 g/mol. The van der Waals surface area contributed by atoms with Crippen molar-refractivity contribution in [3.05, 3.63) is 29.8 Å². The topological polar surface area (TPSA) is 43.1 Å². The zero-order chi connectivity index (χ0) is 8.27.